The fourth-order valence-electron chi connectivity index (χ4n) is 2.67. The van der Waals surface area contributed by atoms with Gasteiger partial charge in [-0.2, -0.15) is 0 Å². The van der Waals surface area contributed by atoms with Crippen molar-refractivity contribution in [3.05, 3.63) is 30.7 Å². The average molecular weight is 259 g/mol. The van der Waals surface area contributed by atoms with Crippen molar-refractivity contribution < 1.29 is 4.74 Å². The molecule has 0 aromatic carbocycles. The molecule has 1 atom stereocenters. The number of allylic oxidation sites excluding steroid dienone is 1. The van der Waals surface area contributed by atoms with E-state index in [1.165, 1.54) is 12.8 Å². The number of pyridine rings is 1. The Hall–Kier alpha value is -1.71. The summed E-state index contributed by atoms with van der Waals surface area (Å²) in [5.74, 6) is 1.09. The first-order valence-corrected chi connectivity index (χ1v) is 7.18. The van der Waals surface area contributed by atoms with Crippen LogP contribution in [0.3, 0.4) is 0 Å². The maximum Gasteiger partial charge on any atom is 0.151 e. The first-order valence-electron chi connectivity index (χ1n) is 7.18. The second kappa shape index (κ2) is 5.95. The molecule has 0 amide bonds. The summed E-state index contributed by atoms with van der Waals surface area (Å²) in [7, 11) is 0. The van der Waals surface area contributed by atoms with E-state index in [9.17, 15) is 0 Å². The fraction of sp³-hybridized carbons (Fsp3) is 0.533. The molecule has 1 N–H and O–H groups in total. The fourth-order valence-corrected chi connectivity index (χ4v) is 2.67. The molecule has 0 saturated carbocycles. The van der Waals surface area contributed by atoms with Crippen molar-refractivity contribution in [1.29, 1.82) is 0 Å². The molecule has 102 valence electrons. The van der Waals surface area contributed by atoms with Gasteiger partial charge in [0.25, 0.3) is 0 Å². The summed E-state index contributed by atoms with van der Waals surface area (Å²) in [6.07, 6.45) is 10.8. The number of nitrogens with zero attached hydrogens (tertiary/aromatic N) is 2. The minimum absolute atomic E-state index is 0.275. The maximum absolute atomic E-state index is 5.59. The van der Waals surface area contributed by atoms with Crippen LogP contribution in [0.2, 0.25) is 0 Å². The normalized spacial score (nSPS) is 22.3. The SMILES string of the molecule is C1=COC(CNc2cccnc2N2CCCC2)CC1. The molecule has 0 aliphatic carbocycles. The molecule has 19 heavy (non-hydrogen) atoms. The van der Waals surface area contributed by atoms with E-state index in [4.69, 9.17) is 4.74 Å². The highest BCUT2D eigenvalue weighted by Crippen LogP contribution is 2.26. The number of nitrogens with one attached hydrogen (secondary N) is 1. The number of aromatic nitrogens is 1. The van der Waals surface area contributed by atoms with Crippen molar-refractivity contribution >= 4 is 11.5 Å². The Morgan fingerprint density at radius 3 is 3.05 bits per heavy atom. The van der Waals surface area contributed by atoms with Gasteiger partial charge < -0.3 is 15.0 Å². The Balaban J connectivity index is 1.64. The van der Waals surface area contributed by atoms with Crippen LogP contribution in [0.1, 0.15) is 25.7 Å². The number of ether oxygens (including phenoxy) is 1. The number of hydrogen-bond donors (Lipinski definition) is 1. The van der Waals surface area contributed by atoms with Crippen molar-refractivity contribution in [1.82, 2.24) is 4.98 Å². The van der Waals surface area contributed by atoms with E-state index in [-0.39, 0.29) is 6.10 Å². The second-order valence-electron chi connectivity index (χ2n) is 5.16. The first kappa shape index (κ1) is 12.3. The van der Waals surface area contributed by atoms with E-state index in [1.54, 1.807) is 0 Å². The maximum atomic E-state index is 5.59. The minimum atomic E-state index is 0.275. The van der Waals surface area contributed by atoms with Crippen LogP contribution in [0.5, 0.6) is 0 Å². The predicted molar refractivity (Wildman–Crippen MR) is 77.4 cm³/mol. The Morgan fingerprint density at radius 1 is 1.37 bits per heavy atom. The lowest BCUT2D eigenvalue weighted by Gasteiger charge is -2.23. The highest BCUT2D eigenvalue weighted by atomic mass is 16.5. The molecule has 0 bridgehead atoms. The van der Waals surface area contributed by atoms with Gasteiger partial charge in [-0.25, -0.2) is 4.98 Å². The third-order valence-corrected chi connectivity index (χ3v) is 3.74. The second-order valence-corrected chi connectivity index (χ2v) is 5.16. The standard InChI is InChI=1S/C15H21N3O/c1-4-11-19-13(6-1)12-17-14-7-5-8-16-15(14)18-9-2-3-10-18/h4-5,7-8,11,13,17H,1-3,6,9-10,12H2. The van der Waals surface area contributed by atoms with Crippen LogP contribution < -0.4 is 10.2 Å². The van der Waals surface area contributed by atoms with Crippen LogP contribution >= 0.6 is 0 Å². The molecule has 1 fully saturated rings. The quantitative estimate of drug-likeness (QED) is 0.902. The van der Waals surface area contributed by atoms with E-state index in [0.29, 0.717) is 0 Å². The van der Waals surface area contributed by atoms with Crippen LogP contribution in [-0.2, 0) is 4.74 Å². The number of rotatable bonds is 4. The highest BCUT2D eigenvalue weighted by Gasteiger charge is 2.17. The lowest BCUT2D eigenvalue weighted by atomic mass is 10.1. The van der Waals surface area contributed by atoms with Crippen LogP contribution in [0.15, 0.2) is 30.7 Å². The molecule has 1 saturated heterocycles. The smallest absolute Gasteiger partial charge is 0.151 e. The minimum Gasteiger partial charge on any atom is -0.497 e. The average Bonchev–Trinajstić information content (AvgIpc) is 3.01. The molecule has 3 heterocycles. The summed E-state index contributed by atoms with van der Waals surface area (Å²) in [5.41, 5.74) is 1.13. The first-order chi connectivity index (χ1) is 9.43. The van der Waals surface area contributed by atoms with Gasteiger partial charge in [0.2, 0.25) is 0 Å². The summed E-state index contributed by atoms with van der Waals surface area (Å²) in [6, 6.07) is 4.10. The van der Waals surface area contributed by atoms with E-state index >= 15 is 0 Å². The lowest BCUT2D eigenvalue weighted by molar-refractivity contribution is 0.135. The molecule has 4 heteroatoms. The monoisotopic (exact) mass is 259 g/mol. The lowest BCUT2D eigenvalue weighted by Crippen LogP contribution is -2.25. The summed E-state index contributed by atoms with van der Waals surface area (Å²) < 4.78 is 5.59. The van der Waals surface area contributed by atoms with Gasteiger partial charge in [0.05, 0.1) is 18.5 Å². The van der Waals surface area contributed by atoms with Crippen LogP contribution in [0.4, 0.5) is 11.5 Å². The molecule has 0 radical (unpaired) electrons. The molecular weight excluding hydrogens is 238 g/mol. The Labute approximate surface area is 114 Å². The van der Waals surface area contributed by atoms with Gasteiger partial charge in [-0.1, -0.05) is 0 Å². The molecule has 1 aromatic rings. The van der Waals surface area contributed by atoms with E-state index in [0.717, 1.165) is 44.0 Å². The van der Waals surface area contributed by atoms with Gasteiger partial charge in [-0.15, -0.1) is 0 Å². The topological polar surface area (TPSA) is 37.4 Å². The molecule has 0 spiro atoms. The van der Waals surface area contributed by atoms with Gasteiger partial charge in [-0.05, 0) is 43.9 Å². The van der Waals surface area contributed by atoms with Gasteiger partial charge in [-0.3, -0.25) is 0 Å². The van der Waals surface area contributed by atoms with Crippen LogP contribution in [0.25, 0.3) is 0 Å². The zero-order valence-corrected chi connectivity index (χ0v) is 11.2. The molecule has 1 unspecified atom stereocenters. The zero-order chi connectivity index (χ0) is 12.9. The van der Waals surface area contributed by atoms with Crippen molar-refractivity contribution in [2.24, 2.45) is 0 Å². The van der Waals surface area contributed by atoms with Crippen molar-refractivity contribution in [3.8, 4) is 0 Å². The van der Waals surface area contributed by atoms with Gasteiger partial charge in [0.15, 0.2) is 5.82 Å². The number of anilines is 2. The summed E-state index contributed by atoms with van der Waals surface area (Å²) in [4.78, 5) is 6.90. The van der Waals surface area contributed by atoms with Crippen LogP contribution in [0, 0.1) is 0 Å². The zero-order valence-electron chi connectivity index (χ0n) is 11.2. The van der Waals surface area contributed by atoms with Crippen molar-refractivity contribution in [2.45, 2.75) is 31.8 Å². The van der Waals surface area contributed by atoms with Crippen molar-refractivity contribution in [3.63, 3.8) is 0 Å². The molecular formula is C15H21N3O. The van der Waals surface area contributed by atoms with E-state index < -0.39 is 0 Å². The highest BCUT2D eigenvalue weighted by molar-refractivity contribution is 5.65. The van der Waals surface area contributed by atoms with E-state index in [2.05, 4.69) is 27.3 Å². The van der Waals surface area contributed by atoms with Gasteiger partial charge in [0.1, 0.15) is 6.10 Å². The molecule has 2 aliphatic heterocycles. The Morgan fingerprint density at radius 2 is 2.26 bits per heavy atom. The summed E-state index contributed by atoms with van der Waals surface area (Å²) in [5, 5.41) is 3.50. The van der Waals surface area contributed by atoms with Crippen LogP contribution in [-0.4, -0.2) is 30.7 Å². The third-order valence-electron chi connectivity index (χ3n) is 3.74. The van der Waals surface area contributed by atoms with Gasteiger partial charge >= 0.3 is 0 Å². The van der Waals surface area contributed by atoms with E-state index in [1.807, 2.05) is 18.5 Å². The predicted octanol–water partition coefficient (Wildman–Crippen LogP) is 2.79. The molecule has 2 aliphatic rings. The van der Waals surface area contributed by atoms with Gasteiger partial charge in [0, 0.05) is 19.3 Å². The molecule has 1 aromatic heterocycles. The largest absolute Gasteiger partial charge is 0.497 e. The Kier molecular flexibility index (Phi) is 3.86. The Bertz CT molecular complexity index is 441. The van der Waals surface area contributed by atoms with Crippen molar-refractivity contribution in [2.75, 3.05) is 29.9 Å². The third kappa shape index (κ3) is 3.00. The molecule has 4 nitrogen and oxygen atoms in total. The number of hydrogen-bond acceptors (Lipinski definition) is 4. The summed E-state index contributed by atoms with van der Waals surface area (Å²) >= 11 is 0. The molecule has 3 rings (SSSR count). The summed E-state index contributed by atoms with van der Waals surface area (Å²) in [6.45, 7) is 3.08.